The quantitative estimate of drug-likeness (QED) is 0.219. The number of alkyl halides is 5. The molecule has 2 aromatic carbocycles. The highest BCUT2D eigenvalue weighted by Crippen LogP contribution is 2.55. The number of aromatic nitrogens is 2. The van der Waals surface area contributed by atoms with Crippen LogP contribution in [0.2, 0.25) is 0 Å². The number of carboxylic acid groups (broad SMARTS) is 1. The highest BCUT2D eigenvalue weighted by Gasteiger charge is 2.60. The summed E-state index contributed by atoms with van der Waals surface area (Å²) < 4.78 is 89.6. The lowest BCUT2D eigenvalue weighted by Crippen LogP contribution is -2.63. The van der Waals surface area contributed by atoms with Crippen molar-refractivity contribution >= 4 is 17.8 Å². The Kier molecular flexibility index (Phi) is 9.63. The molecule has 4 aliphatic rings. The molecule has 2 saturated heterocycles. The lowest BCUT2D eigenvalue weighted by atomic mass is 9.71. The number of carboxylic acids is 1. The van der Waals surface area contributed by atoms with Crippen molar-refractivity contribution in [3.05, 3.63) is 88.0 Å². The number of halogens is 6. The number of carbonyl (C=O) groups excluding carboxylic acids is 2. The molecule has 2 amide bonds. The van der Waals surface area contributed by atoms with Crippen molar-refractivity contribution in [1.82, 2.24) is 19.6 Å². The molecule has 7 rings (SSSR count). The van der Waals surface area contributed by atoms with Crippen LogP contribution in [0.5, 0.6) is 0 Å². The maximum atomic E-state index is 13.9. The number of benzene rings is 2. The van der Waals surface area contributed by atoms with Crippen LogP contribution in [-0.2, 0) is 28.9 Å². The van der Waals surface area contributed by atoms with Gasteiger partial charge in [0.25, 0.3) is 5.91 Å². The van der Waals surface area contributed by atoms with E-state index in [9.17, 15) is 45.8 Å². The first-order valence-electron chi connectivity index (χ1n) is 18.1. The third-order valence-corrected chi connectivity index (χ3v) is 12.0. The van der Waals surface area contributed by atoms with Crippen LogP contribution >= 0.6 is 0 Å². The van der Waals surface area contributed by atoms with Crippen molar-refractivity contribution in [2.24, 2.45) is 22.7 Å². The van der Waals surface area contributed by atoms with Crippen LogP contribution in [0, 0.1) is 28.5 Å². The van der Waals surface area contributed by atoms with E-state index in [1.165, 1.54) is 17.1 Å². The topological polar surface area (TPSA) is 105 Å². The van der Waals surface area contributed by atoms with Crippen LogP contribution in [-0.4, -0.2) is 81.2 Å². The van der Waals surface area contributed by atoms with Crippen LogP contribution < -0.4 is 0 Å². The second kappa shape index (κ2) is 13.7. The summed E-state index contributed by atoms with van der Waals surface area (Å²) in [5.74, 6) is -5.88. The Morgan fingerprint density at radius 2 is 1.69 bits per heavy atom. The maximum absolute atomic E-state index is 13.9. The zero-order valence-electron chi connectivity index (χ0n) is 30.0. The first-order chi connectivity index (χ1) is 25.4. The van der Waals surface area contributed by atoms with E-state index in [2.05, 4.69) is 5.10 Å². The zero-order chi connectivity index (χ0) is 38.8. The van der Waals surface area contributed by atoms with E-state index >= 15 is 0 Å². The Hall–Kier alpha value is -4.40. The number of nitrogens with zero attached hydrogens (tertiary/aromatic N) is 4. The number of ether oxygens (including phenoxy) is 1. The lowest BCUT2D eigenvalue weighted by molar-refractivity contribution is -0.148. The standard InChI is InChI=1S/C39H42F6N4O5/c1-36(2)13-31(36)34(51)48-21-37(22-48)20-47(33(50)26-14-46-49(16-26)15-24-6-7-28(40)12-30(24)39(43,44)45)17-27(37)19-54-18-25-4-3-5-29(32(25)35(52)53)23-8-10-38(41,42)11-9-23/h3-7,12,14,16,23,27,31H,8-11,13,15,17-22H2,1-2H3,(H,52,53)/t27?,31-/m1/s1. The van der Waals surface area contributed by atoms with E-state index in [0.717, 1.165) is 18.6 Å². The van der Waals surface area contributed by atoms with E-state index in [1.54, 1.807) is 28.0 Å². The molecule has 2 aliphatic carbocycles. The molecule has 9 nitrogen and oxygen atoms in total. The van der Waals surface area contributed by atoms with Crippen molar-refractivity contribution in [3.63, 3.8) is 0 Å². The van der Waals surface area contributed by atoms with Gasteiger partial charge in [-0.25, -0.2) is 18.0 Å². The monoisotopic (exact) mass is 760 g/mol. The van der Waals surface area contributed by atoms with E-state index in [4.69, 9.17) is 4.74 Å². The van der Waals surface area contributed by atoms with Gasteiger partial charge in [-0.2, -0.15) is 18.3 Å². The molecular formula is C39H42F6N4O5. The summed E-state index contributed by atoms with van der Waals surface area (Å²) in [6, 6.07) is 7.42. The van der Waals surface area contributed by atoms with Gasteiger partial charge in [-0.05, 0) is 59.4 Å². The molecule has 1 N–H and O–H groups in total. The van der Waals surface area contributed by atoms with Crippen molar-refractivity contribution in [2.45, 2.75) is 77.1 Å². The van der Waals surface area contributed by atoms with Crippen molar-refractivity contribution in [1.29, 1.82) is 0 Å². The van der Waals surface area contributed by atoms with Crippen LogP contribution in [0.3, 0.4) is 0 Å². The Bertz CT molecular complexity index is 1940. The van der Waals surface area contributed by atoms with Crippen molar-refractivity contribution in [3.8, 4) is 0 Å². The summed E-state index contributed by atoms with van der Waals surface area (Å²) in [7, 11) is 0. The third-order valence-electron chi connectivity index (χ3n) is 12.0. The molecule has 2 atom stereocenters. The number of hydrogen-bond donors (Lipinski definition) is 1. The Morgan fingerprint density at radius 1 is 1.00 bits per heavy atom. The number of hydrogen-bond acceptors (Lipinski definition) is 5. The zero-order valence-corrected chi connectivity index (χ0v) is 30.0. The predicted molar refractivity (Wildman–Crippen MR) is 182 cm³/mol. The summed E-state index contributed by atoms with van der Waals surface area (Å²) in [4.78, 5) is 43.0. The number of likely N-dealkylation sites (tertiary alicyclic amines) is 2. The molecule has 3 aromatic rings. The number of carbonyl (C=O) groups is 3. The molecular weight excluding hydrogens is 718 g/mol. The number of aromatic carboxylic acids is 1. The van der Waals surface area contributed by atoms with Gasteiger partial charge in [0.15, 0.2) is 0 Å². The minimum absolute atomic E-state index is 0.0538. The average Bonchev–Trinajstić information content (AvgIpc) is 3.37. The summed E-state index contributed by atoms with van der Waals surface area (Å²) >= 11 is 0. The van der Waals surface area contributed by atoms with Crippen LogP contribution in [0.25, 0.3) is 0 Å². The molecule has 15 heteroatoms. The van der Waals surface area contributed by atoms with Gasteiger partial charge in [0.05, 0.1) is 42.6 Å². The molecule has 1 spiro atoms. The van der Waals surface area contributed by atoms with E-state index in [-0.39, 0.29) is 97.8 Å². The molecule has 3 heterocycles. The summed E-state index contributed by atoms with van der Waals surface area (Å²) in [5, 5.41) is 14.3. The summed E-state index contributed by atoms with van der Waals surface area (Å²) in [5.41, 5.74) is -0.770. The van der Waals surface area contributed by atoms with E-state index in [1.807, 2.05) is 13.8 Å². The highest BCUT2D eigenvalue weighted by molar-refractivity contribution is 5.94. The lowest BCUT2D eigenvalue weighted by Gasteiger charge is -2.51. The van der Waals surface area contributed by atoms with Gasteiger partial charge in [-0.15, -0.1) is 0 Å². The fraction of sp³-hybridized carbons (Fsp3) is 0.538. The first-order valence-corrected chi connectivity index (χ1v) is 18.1. The minimum Gasteiger partial charge on any atom is -0.478 e. The van der Waals surface area contributed by atoms with E-state index < -0.39 is 40.8 Å². The van der Waals surface area contributed by atoms with Gasteiger partial charge in [0, 0.05) is 62.5 Å². The fourth-order valence-electron chi connectivity index (χ4n) is 8.63. The van der Waals surface area contributed by atoms with Gasteiger partial charge >= 0.3 is 12.1 Å². The van der Waals surface area contributed by atoms with Crippen LogP contribution in [0.15, 0.2) is 48.8 Å². The number of amides is 2. The van der Waals surface area contributed by atoms with Gasteiger partial charge in [0.1, 0.15) is 5.82 Å². The summed E-state index contributed by atoms with van der Waals surface area (Å²) in [6.07, 6.45) is -1.61. The minimum atomic E-state index is -4.79. The van der Waals surface area contributed by atoms with Gasteiger partial charge in [0.2, 0.25) is 11.8 Å². The van der Waals surface area contributed by atoms with E-state index in [0.29, 0.717) is 36.8 Å². The highest BCUT2D eigenvalue weighted by atomic mass is 19.4. The smallest absolute Gasteiger partial charge is 0.416 e. The van der Waals surface area contributed by atoms with Gasteiger partial charge in [-0.3, -0.25) is 14.3 Å². The second-order valence-electron chi connectivity index (χ2n) is 16.2. The SMILES string of the molecule is CC1(C)C[C@@H]1C(=O)N1CC2(CN(C(=O)c3cnn(Cc4ccc(F)cc4C(F)(F)F)c3)CC2COCc2cccc(C3CCC(F)(F)CC3)c2C(=O)O)C1. The maximum Gasteiger partial charge on any atom is 0.416 e. The molecule has 1 unspecified atom stereocenters. The molecule has 54 heavy (non-hydrogen) atoms. The molecule has 2 aliphatic heterocycles. The van der Waals surface area contributed by atoms with Crippen molar-refractivity contribution < 1.29 is 50.6 Å². The molecule has 1 aromatic heterocycles. The summed E-state index contributed by atoms with van der Waals surface area (Å²) in [6.45, 7) is 5.18. The Balaban J connectivity index is 1.06. The first kappa shape index (κ1) is 37.9. The molecule has 4 fully saturated rings. The normalized spacial score (nSPS) is 23.0. The second-order valence-corrected chi connectivity index (χ2v) is 16.2. The van der Waals surface area contributed by atoms with Gasteiger partial charge < -0.3 is 19.6 Å². The van der Waals surface area contributed by atoms with Crippen LogP contribution in [0.4, 0.5) is 26.3 Å². The average molecular weight is 761 g/mol. The predicted octanol–water partition coefficient (Wildman–Crippen LogP) is 7.24. The van der Waals surface area contributed by atoms with Gasteiger partial charge in [-0.1, -0.05) is 38.1 Å². The molecule has 0 radical (unpaired) electrons. The fourth-order valence-corrected chi connectivity index (χ4v) is 8.63. The Labute approximate surface area is 308 Å². The van der Waals surface area contributed by atoms with Crippen molar-refractivity contribution in [2.75, 3.05) is 32.8 Å². The number of rotatable bonds is 10. The Morgan fingerprint density at radius 3 is 2.33 bits per heavy atom. The largest absolute Gasteiger partial charge is 0.478 e. The molecule has 290 valence electrons. The molecule has 0 bridgehead atoms. The molecule has 2 saturated carbocycles. The third kappa shape index (κ3) is 7.47. The van der Waals surface area contributed by atoms with Crippen LogP contribution in [0.1, 0.15) is 94.8 Å².